The smallest absolute Gasteiger partial charge is 0.341 e. The highest BCUT2D eigenvalue weighted by molar-refractivity contribution is 7.15. The molecule has 0 fully saturated rings. The average molecular weight is 489 g/mol. The molecule has 0 saturated heterocycles. The van der Waals surface area contributed by atoms with Crippen LogP contribution < -0.4 is 10.1 Å². The number of ether oxygens (including phenoxy) is 2. The summed E-state index contributed by atoms with van der Waals surface area (Å²) in [6.07, 6.45) is 3.53. The van der Waals surface area contributed by atoms with E-state index in [1.54, 1.807) is 36.6 Å². The van der Waals surface area contributed by atoms with Crippen molar-refractivity contribution in [2.45, 2.75) is 33.6 Å². The zero-order valence-electron chi connectivity index (χ0n) is 20.1. The Bertz CT molecular complexity index is 1240. The van der Waals surface area contributed by atoms with E-state index >= 15 is 0 Å². The number of anilines is 1. The van der Waals surface area contributed by atoms with Gasteiger partial charge in [-0.15, -0.1) is 11.3 Å². The lowest BCUT2D eigenvalue weighted by Gasteiger charge is -2.09. The molecule has 1 amide bonds. The fourth-order valence-corrected chi connectivity index (χ4v) is 4.23. The largest absolute Gasteiger partial charge is 0.494 e. The molecule has 7 heteroatoms. The lowest BCUT2D eigenvalue weighted by atomic mass is 10.0. The number of nitrogens with zero attached hydrogens (tertiary/aromatic N) is 1. The molecule has 0 unspecified atom stereocenters. The molecular weight excluding hydrogens is 460 g/mol. The van der Waals surface area contributed by atoms with Crippen LogP contribution in [0.4, 0.5) is 5.00 Å². The van der Waals surface area contributed by atoms with Crippen molar-refractivity contribution in [1.29, 1.82) is 5.26 Å². The molecule has 180 valence electrons. The number of esters is 1. The lowest BCUT2D eigenvalue weighted by Crippen LogP contribution is -2.16. The molecule has 0 bridgehead atoms. The van der Waals surface area contributed by atoms with Crippen molar-refractivity contribution >= 4 is 34.3 Å². The molecule has 1 N–H and O–H groups in total. The number of amides is 1. The van der Waals surface area contributed by atoms with E-state index in [0.717, 1.165) is 29.7 Å². The van der Waals surface area contributed by atoms with Gasteiger partial charge < -0.3 is 14.8 Å². The molecule has 0 atom stereocenters. The minimum Gasteiger partial charge on any atom is -0.494 e. The van der Waals surface area contributed by atoms with E-state index < -0.39 is 11.9 Å². The van der Waals surface area contributed by atoms with Gasteiger partial charge in [-0.2, -0.15) is 5.26 Å². The Morgan fingerprint density at radius 2 is 1.80 bits per heavy atom. The monoisotopic (exact) mass is 488 g/mol. The van der Waals surface area contributed by atoms with Crippen molar-refractivity contribution in [2.75, 3.05) is 18.5 Å². The summed E-state index contributed by atoms with van der Waals surface area (Å²) in [4.78, 5) is 25.7. The second kappa shape index (κ2) is 12.5. The Balaban J connectivity index is 1.84. The van der Waals surface area contributed by atoms with Crippen LogP contribution in [0.25, 0.3) is 17.2 Å². The maximum absolute atomic E-state index is 12.9. The minimum absolute atomic E-state index is 0.0789. The van der Waals surface area contributed by atoms with Gasteiger partial charge in [0.1, 0.15) is 28.0 Å². The van der Waals surface area contributed by atoms with E-state index in [-0.39, 0.29) is 17.7 Å². The highest BCUT2D eigenvalue weighted by atomic mass is 32.1. The van der Waals surface area contributed by atoms with Crippen LogP contribution in [0.15, 0.2) is 59.5 Å². The van der Waals surface area contributed by atoms with E-state index in [4.69, 9.17) is 9.47 Å². The number of aryl methyl sites for hydroxylation is 1. The summed E-state index contributed by atoms with van der Waals surface area (Å²) >= 11 is 1.22. The van der Waals surface area contributed by atoms with E-state index in [1.165, 1.54) is 17.4 Å². The summed E-state index contributed by atoms with van der Waals surface area (Å²) in [5.74, 6) is -0.390. The first-order valence-electron chi connectivity index (χ1n) is 11.5. The molecule has 0 spiro atoms. The molecule has 1 aromatic heterocycles. The quantitative estimate of drug-likeness (QED) is 0.150. The van der Waals surface area contributed by atoms with Crippen LogP contribution in [-0.4, -0.2) is 25.1 Å². The zero-order chi connectivity index (χ0) is 25.2. The predicted molar refractivity (Wildman–Crippen MR) is 140 cm³/mol. The van der Waals surface area contributed by atoms with Crippen LogP contribution in [0.3, 0.4) is 0 Å². The van der Waals surface area contributed by atoms with Gasteiger partial charge in [-0.05, 0) is 49.6 Å². The molecule has 0 saturated carbocycles. The molecule has 3 rings (SSSR count). The molecule has 0 aliphatic carbocycles. The number of thiophene rings is 1. The van der Waals surface area contributed by atoms with E-state index in [1.807, 2.05) is 37.3 Å². The normalized spacial score (nSPS) is 11.0. The molecule has 0 aliphatic heterocycles. The molecule has 2 aromatic carbocycles. The number of nitrogens with one attached hydrogen (secondary N) is 1. The standard InChI is InChI=1S/C28H28N2O4S/c1-4-6-15-34-23-13-9-20(10-14-23)16-22(17-29)26(31)30-27-25(28(32)33-5-2)24(18-35-27)21-11-7-19(3)8-12-21/h7-14,16,18H,4-6,15H2,1-3H3,(H,30,31). The zero-order valence-corrected chi connectivity index (χ0v) is 20.9. The maximum atomic E-state index is 12.9. The number of benzene rings is 2. The summed E-state index contributed by atoms with van der Waals surface area (Å²) in [5.41, 5.74) is 3.50. The van der Waals surface area contributed by atoms with Crippen LogP contribution in [-0.2, 0) is 9.53 Å². The highest BCUT2D eigenvalue weighted by Crippen LogP contribution is 2.36. The molecular formula is C28H28N2O4S. The topological polar surface area (TPSA) is 88.4 Å². The molecule has 1 heterocycles. The SMILES string of the molecule is CCCCOc1ccc(C=C(C#N)C(=O)Nc2scc(-c3ccc(C)cc3)c2C(=O)OCC)cc1. The van der Waals surface area contributed by atoms with Gasteiger partial charge in [0.25, 0.3) is 5.91 Å². The van der Waals surface area contributed by atoms with Crippen molar-refractivity contribution in [1.82, 2.24) is 0 Å². The lowest BCUT2D eigenvalue weighted by molar-refractivity contribution is -0.112. The second-order valence-electron chi connectivity index (χ2n) is 7.83. The summed E-state index contributed by atoms with van der Waals surface area (Å²) < 4.78 is 10.9. The number of rotatable bonds is 10. The number of hydrogen-bond donors (Lipinski definition) is 1. The van der Waals surface area contributed by atoms with Crippen molar-refractivity contribution in [3.63, 3.8) is 0 Å². The van der Waals surface area contributed by atoms with Crippen molar-refractivity contribution in [3.05, 3.63) is 76.2 Å². The van der Waals surface area contributed by atoms with E-state index in [9.17, 15) is 14.9 Å². The van der Waals surface area contributed by atoms with Crippen molar-refractivity contribution < 1.29 is 19.1 Å². The fourth-order valence-electron chi connectivity index (χ4n) is 3.28. The van der Waals surface area contributed by atoms with Crippen molar-refractivity contribution in [2.24, 2.45) is 0 Å². The average Bonchev–Trinajstić information content (AvgIpc) is 3.27. The van der Waals surface area contributed by atoms with Gasteiger partial charge in [0.15, 0.2) is 0 Å². The predicted octanol–water partition coefficient (Wildman–Crippen LogP) is 6.62. The van der Waals surface area contributed by atoms with Gasteiger partial charge in [0.05, 0.1) is 13.2 Å². The van der Waals surface area contributed by atoms with Gasteiger partial charge in [-0.1, -0.05) is 55.3 Å². The number of carbonyl (C=O) groups excluding carboxylic acids is 2. The summed E-state index contributed by atoms with van der Waals surface area (Å²) in [6, 6.07) is 16.9. The van der Waals surface area contributed by atoms with E-state index in [0.29, 0.717) is 22.7 Å². The Hall–Kier alpha value is -3.89. The first kappa shape index (κ1) is 25.7. The van der Waals surface area contributed by atoms with Crippen LogP contribution in [0.2, 0.25) is 0 Å². The van der Waals surface area contributed by atoms with Gasteiger partial charge >= 0.3 is 5.97 Å². The van der Waals surface area contributed by atoms with Crippen LogP contribution in [0.5, 0.6) is 5.75 Å². The van der Waals surface area contributed by atoms with Crippen LogP contribution >= 0.6 is 11.3 Å². The number of carbonyl (C=O) groups is 2. The summed E-state index contributed by atoms with van der Waals surface area (Å²) in [5, 5.41) is 14.5. The first-order chi connectivity index (χ1) is 17.0. The molecule has 0 radical (unpaired) electrons. The van der Waals surface area contributed by atoms with Gasteiger partial charge in [0.2, 0.25) is 0 Å². The van der Waals surface area contributed by atoms with E-state index in [2.05, 4.69) is 12.2 Å². The fraction of sp³-hybridized carbons (Fsp3) is 0.250. The highest BCUT2D eigenvalue weighted by Gasteiger charge is 2.23. The number of hydrogen-bond acceptors (Lipinski definition) is 6. The molecule has 3 aromatic rings. The van der Waals surface area contributed by atoms with Gasteiger partial charge in [0, 0.05) is 10.9 Å². The molecule has 35 heavy (non-hydrogen) atoms. The van der Waals surface area contributed by atoms with Crippen molar-refractivity contribution in [3.8, 4) is 22.9 Å². The number of nitriles is 1. The summed E-state index contributed by atoms with van der Waals surface area (Å²) in [7, 11) is 0. The summed E-state index contributed by atoms with van der Waals surface area (Å²) in [6.45, 7) is 6.66. The molecule has 0 aliphatic rings. The number of unbranched alkanes of at least 4 members (excludes halogenated alkanes) is 1. The Labute approximate surface area is 209 Å². The second-order valence-corrected chi connectivity index (χ2v) is 8.71. The maximum Gasteiger partial charge on any atom is 0.341 e. The third-order valence-electron chi connectivity index (χ3n) is 5.18. The van der Waals surface area contributed by atoms with Crippen LogP contribution in [0.1, 0.15) is 48.2 Å². The minimum atomic E-state index is -0.598. The Morgan fingerprint density at radius 1 is 1.09 bits per heavy atom. The molecule has 6 nitrogen and oxygen atoms in total. The Kier molecular flexibility index (Phi) is 9.22. The van der Waals surface area contributed by atoms with Gasteiger partial charge in [-0.3, -0.25) is 4.79 Å². The third-order valence-corrected chi connectivity index (χ3v) is 6.08. The van der Waals surface area contributed by atoms with Crippen LogP contribution in [0, 0.1) is 18.3 Å². The van der Waals surface area contributed by atoms with Gasteiger partial charge in [-0.25, -0.2) is 4.79 Å². The third kappa shape index (κ3) is 6.81. The first-order valence-corrected chi connectivity index (χ1v) is 12.4. The Morgan fingerprint density at radius 3 is 2.43 bits per heavy atom.